The topological polar surface area (TPSA) is 34.1 Å². The smallest absolute Gasteiger partial charge is 0.184 e. The van der Waals surface area contributed by atoms with Gasteiger partial charge in [0.2, 0.25) is 0 Å². The summed E-state index contributed by atoms with van der Waals surface area (Å²) in [5.41, 5.74) is 0. The van der Waals surface area contributed by atoms with Crippen molar-refractivity contribution < 1.29 is 8.42 Å². The lowest BCUT2D eigenvalue weighted by atomic mass is 10.5. The van der Waals surface area contributed by atoms with Crippen molar-refractivity contribution in [2.24, 2.45) is 0 Å². The molecule has 0 unspecified atom stereocenters. The molecule has 0 atom stereocenters. The lowest BCUT2D eigenvalue weighted by Gasteiger charge is -1.87. The summed E-state index contributed by atoms with van der Waals surface area (Å²) in [6, 6.07) is 1.63. The molecule has 0 aliphatic heterocycles. The molecular weight excluding hydrogens is 248 g/mol. The van der Waals surface area contributed by atoms with Crippen LogP contribution in [-0.4, -0.2) is 14.7 Å². The number of thiophene rings is 1. The average Bonchev–Trinajstić information content (AvgIpc) is 2.11. The highest BCUT2D eigenvalue weighted by atomic mass is 79.9. The van der Waals surface area contributed by atoms with Crippen LogP contribution in [0.4, 0.5) is 0 Å². The third kappa shape index (κ3) is 2.04. The number of hydrogen-bond donors (Lipinski definition) is 0. The highest BCUT2D eigenvalue weighted by Gasteiger charge is 2.11. The molecule has 5 heteroatoms. The van der Waals surface area contributed by atoms with E-state index < -0.39 is 9.84 Å². The minimum atomic E-state index is -3.02. The minimum absolute atomic E-state index is 0.418. The summed E-state index contributed by atoms with van der Waals surface area (Å²) in [5.74, 6) is 0. The molecule has 0 aliphatic rings. The third-order valence-corrected chi connectivity index (χ3v) is 5.14. The zero-order valence-corrected chi connectivity index (χ0v) is 9.31. The van der Waals surface area contributed by atoms with Gasteiger partial charge in [0.05, 0.1) is 0 Å². The van der Waals surface area contributed by atoms with Crippen LogP contribution in [0.15, 0.2) is 14.7 Å². The molecule has 1 heterocycles. The standard InChI is InChI=1S/C6H7BrO2S2/c1-4-5(7)3-6(10-4)11(2,8)9/h3H,1-2H3. The van der Waals surface area contributed by atoms with Crippen LogP contribution in [0.5, 0.6) is 0 Å². The maximum absolute atomic E-state index is 11.0. The van der Waals surface area contributed by atoms with Gasteiger partial charge in [-0.1, -0.05) is 0 Å². The summed E-state index contributed by atoms with van der Waals surface area (Å²) >= 11 is 4.54. The van der Waals surface area contributed by atoms with Crippen molar-refractivity contribution in [3.05, 3.63) is 15.4 Å². The molecule has 2 nitrogen and oxygen atoms in total. The molecule has 0 N–H and O–H groups in total. The molecule has 0 amide bonds. The van der Waals surface area contributed by atoms with Gasteiger partial charge < -0.3 is 0 Å². The van der Waals surface area contributed by atoms with Crippen molar-refractivity contribution in [3.63, 3.8) is 0 Å². The molecule has 62 valence electrons. The second-order valence-electron chi connectivity index (χ2n) is 2.24. The monoisotopic (exact) mass is 254 g/mol. The summed E-state index contributed by atoms with van der Waals surface area (Å²) in [6.07, 6.45) is 1.21. The molecule has 0 saturated heterocycles. The van der Waals surface area contributed by atoms with Crippen LogP contribution in [0.2, 0.25) is 0 Å². The Hall–Kier alpha value is 0.130. The Kier molecular flexibility index (Phi) is 2.41. The fraction of sp³-hybridized carbons (Fsp3) is 0.333. The van der Waals surface area contributed by atoms with Crippen molar-refractivity contribution in [1.82, 2.24) is 0 Å². The van der Waals surface area contributed by atoms with E-state index in [0.717, 1.165) is 9.35 Å². The molecule has 0 saturated carbocycles. The molecule has 11 heavy (non-hydrogen) atoms. The first-order valence-corrected chi connectivity index (χ1v) is 6.37. The second-order valence-corrected chi connectivity index (χ2v) is 6.59. The fourth-order valence-corrected chi connectivity index (χ4v) is 3.34. The first kappa shape index (κ1) is 9.22. The van der Waals surface area contributed by atoms with E-state index in [-0.39, 0.29) is 0 Å². The van der Waals surface area contributed by atoms with E-state index in [0.29, 0.717) is 4.21 Å². The average molecular weight is 255 g/mol. The maximum Gasteiger partial charge on any atom is 0.184 e. The Labute approximate surface area is 78.3 Å². The molecule has 1 aromatic heterocycles. The van der Waals surface area contributed by atoms with Crippen LogP contribution in [0, 0.1) is 6.92 Å². The van der Waals surface area contributed by atoms with E-state index in [4.69, 9.17) is 0 Å². The van der Waals surface area contributed by atoms with Gasteiger partial charge in [0.1, 0.15) is 4.21 Å². The summed E-state index contributed by atoms with van der Waals surface area (Å²) in [7, 11) is -3.02. The highest BCUT2D eigenvalue weighted by molar-refractivity contribution is 9.10. The predicted molar refractivity (Wildman–Crippen MR) is 49.9 cm³/mol. The number of halogens is 1. The first-order valence-electron chi connectivity index (χ1n) is 2.87. The second kappa shape index (κ2) is 2.88. The van der Waals surface area contributed by atoms with Crippen LogP contribution in [-0.2, 0) is 9.84 Å². The Bertz CT molecular complexity index is 344. The largest absolute Gasteiger partial charge is 0.223 e. The SMILES string of the molecule is Cc1sc(S(C)(=O)=O)cc1Br. The van der Waals surface area contributed by atoms with Gasteiger partial charge in [-0.2, -0.15) is 0 Å². The summed E-state index contributed by atoms with van der Waals surface area (Å²) in [6.45, 7) is 1.88. The van der Waals surface area contributed by atoms with E-state index >= 15 is 0 Å². The quantitative estimate of drug-likeness (QED) is 0.771. The zero-order valence-electron chi connectivity index (χ0n) is 6.09. The van der Waals surface area contributed by atoms with E-state index in [1.54, 1.807) is 6.07 Å². The van der Waals surface area contributed by atoms with E-state index in [1.165, 1.54) is 17.6 Å². The van der Waals surface area contributed by atoms with E-state index in [9.17, 15) is 8.42 Å². The van der Waals surface area contributed by atoms with Crippen LogP contribution >= 0.6 is 27.3 Å². The van der Waals surface area contributed by atoms with Gasteiger partial charge in [0.15, 0.2) is 9.84 Å². The molecule has 0 radical (unpaired) electrons. The van der Waals surface area contributed by atoms with E-state index in [2.05, 4.69) is 15.9 Å². The molecule has 0 bridgehead atoms. The molecule has 0 fully saturated rings. The van der Waals surface area contributed by atoms with Crippen LogP contribution in [0.1, 0.15) is 4.88 Å². The van der Waals surface area contributed by atoms with Crippen LogP contribution in [0.3, 0.4) is 0 Å². The van der Waals surface area contributed by atoms with Gasteiger partial charge in [-0.05, 0) is 28.9 Å². The van der Waals surface area contributed by atoms with Gasteiger partial charge >= 0.3 is 0 Å². The Morgan fingerprint density at radius 2 is 2.09 bits per heavy atom. The summed E-state index contributed by atoms with van der Waals surface area (Å²) in [4.78, 5) is 0.991. The molecule has 0 spiro atoms. The molecular formula is C6H7BrO2S2. The van der Waals surface area contributed by atoms with Gasteiger partial charge in [0.25, 0.3) is 0 Å². The van der Waals surface area contributed by atoms with Crippen LogP contribution in [0.25, 0.3) is 0 Å². The fourth-order valence-electron chi connectivity index (χ4n) is 0.617. The van der Waals surface area contributed by atoms with Crippen molar-refractivity contribution in [2.75, 3.05) is 6.26 Å². The molecule has 0 aliphatic carbocycles. The van der Waals surface area contributed by atoms with Crippen LogP contribution < -0.4 is 0 Å². The molecule has 0 aromatic carbocycles. The molecule has 1 rings (SSSR count). The molecule has 1 aromatic rings. The lowest BCUT2D eigenvalue weighted by Crippen LogP contribution is -1.91. The maximum atomic E-state index is 11.0. The Morgan fingerprint density at radius 3 is 2.27 bits per heavy atom. The summed E-state index contributed by atoms with van der Waals surface area (Å²) in [5, 5.41) is 0. The third-order valence-electron chi connectivity index (χ3n) is 1.20. The summed E-state index contributed by atoms with van der Waals surface area (Å²) < 4.78 is 23.3. The van der Waals surface area contributed by atoms with Crippen molar-refractivity contribution in [2.45, 2.75) is 11.1 Å². The zero-order chi connectivity index (χ0) is 8.65. The van der Waals surface area contributed by atoms with Gasteiger partial charge in [-0.25, -0.2) is 8.42 Å². The van der Waals surface area contributed by atoms with Gasteiger partial charge in [-0.15, -0.1) is 11.3 Å². The Balaban J connectivity index is 3.29. The predicted octanol–water partition coefficient (Wildman–Crippen LogP) is 2.22. The number of rotatable bonds is 1. The normalized spacial score (nSPS) is 11.9. The van der Waals surface area contributed by atoms with Gasteiger partial charge in [-0.3, -0.25) is 0 Å². The van der Waals surface area contributed by atoms with Crippen molar-refractivity contribution in [3.8, 4) is 0 Å². The van der Waals surface area contributed by atoms with Gasteiger partial charge in [0, 0.05) is 15.6 Å². The lowest BCUT2D eigenvalue weighted by molar-refractivity contribution is 0.604. The first-order chi connectivity index (χ1) is 4.91. The minimum Gasteiger partial charge on any atom is -0.223 e. The van der Waals surface area contributed by atoms with E-state index in [1.807, 2.05) is 6.92 Å². The number of aryl methyl sites for hydroxylation is 1. The number of sulfone groups is 1. The Morgan fingerprint density at radius 1 is 1.55 bits per heavy atom. The number of hydrogen-bond acceptors (Lipinski definition) is 3. The van der Waals surface area contributed by atoms with Crippen molar-refractivity contribution in [1.29, 1.82) is 0 Å². The van der Waals surface area contributed by atoms with Crippen molar-refractivity contribution >= 4 is 37.1 Å². The highest BCUT2D eigenvalue weighted by Crippen LogP contribution is 2.29.